The first-order chi connectivity index (χ1) is 8.49. The SMILES string of the molecule is Nc1n[nH]c(Br)c1C(=O)Nc1ccc(F)c(Cl)c1. The van der Waals surface area contributed by atoms with Gasteiger partial charge in [-0.2, -0.15) is 5.10 Å². The van der Waals surface area contributed by atoms with Gasteiger partial charge >= 0.3 is 0 Å². The quantitative estimate of drug-likeness (QED) is 0.790. The number of halogens is 3. The first kappa shape index (κ1) is 12.8. The van der Waals surface area contributed by atoms with Crippen molar-refractivity contribution in [1.29, 1.82) is 0 Å². The average molecular weight is 334 g/mol. The molecular formula is C10H7BrClFN4O. The number of H-pyrrole nitrogens is 1. The van der Waals surface area contributed by atoms with Crippen molar-refractivity contribution in [1.82, 2.24) is 10.2 Å². The Hall–Kier alpha value is -1.60. The molecular weight excluding hydrogens is 326 g/mol. The Bertz CT molecular complexity index is 596. The van der Waals surface area contributed by atoms with Gasteiger partial charge in [0.2, 0.25) is 0 Å². The van der Waals surface area contributed by atoms with E-state index in [1.165, 1.54) is 12.1 Å². The van der Waals surface area contributed by atoms with Gasteiger partial charge in [0.15, 0.2) is 5.82 Å². The van der Waals surface area contributed by atoms with E-state index in [0.717, 1.165) is 6.07 Å². The molecule has 1 heterocycles. The number of nitrogens with two attached hydrogens (primary N) is 1. The Morgan fingerprint density at radius 3 is 2.83 bits per heavy atom. The second kappa shape index (κ2) is 4.95. The zero-order valence-corrected chi connectivity index (χ0v) is 11.1. The number of amides is 1. The number of hydrogen-bond acceptors (Lipinski definition) is 3. The maximum Gasteiger partial charge on any atom is 0.262 e. The number of rotatable bonds is 2. The Labute approximate surface area is 115 Å². The van der Waals surface area contributed by atoms with Gasteiger partial charge in [0, 0.05) is 5.69 Å². The normalized spacial score (nSPS) is 10.4. The van der Waals surface area contributed by atoms with E-state index in [1.807, 2.05) is 0 Å². The Morgan fingerprint density at radius 2 is 2.28 bits per heavy atom. The van der Waals surface area contributed by atoms with Crippen LogP contribution in [0.4, 0.5) is 15.9 Å². The van der Waals surface area contributed by atoms with Gasteiger partial charge in [0.25, 0.3) is 5.91 Å². The highest BCUT2D eigenvalue weighted by Crippen LogP contribution is 2.23. The number of nitrogens with zero attached hydrogens (tertiary/aromatic N) is 1. The summed E-state index contributed by atoms with van der Waals surface area (Å²) in [5.74, 6) is -0.970. The number of aromatic nitrogens is 2. The second-order valence-electron chi connectivity index (χ2n) is 3.38. The molecule has 0 bridgehead atoms. The Kier molecular flexibility index (Phi) is 3.53. The highest BCUT2D eigenvalue weighted by atomic mass is 79.9. The predicted molar refractivity (Wildman–Crippen MR) is 70.1 cm³/mol. The van der Waals surface area contributed by atoms with E-state index in [0.29, 0.717) is 10.3 Å². The number of carbonyl (C=O) groups is 1. The third-order valence-corrected chi connectivity index (χ3v) is 3.02. The first-order valence-corrected chi connectivity index (χ1v) is 5.92. The molecule has 0 aliphatic rings. The molecule has 0 saturated carbocycles. The van der Waals surface area contributed by atoms with E-state index >= 15 is 0 Å². The number of aromatic amines is 1. The van der Waals surface area contributed by atoms with E-state index in [9.17, 15) is 9.18 Å². The summed E-state index contributed by atoms with van der Waals surface area (Å²) in [6.07, 6.45) is 0. The zero-order chi connectivity index (χ0) is 13.3. The van der Waals surface area contributed by atoms with Crippen molar-refractivity contribution in [2.24, 2.45) is 0 Å². The molecule has 1 aromatic heterocycles. The third kappa shape index (κ3) is 2.46. The highest BCUT2D eigenvalue weighted by molar-refractivity contribution is 9.10. The monoisotopic (exact) mass is 332 g/mol. The number of benzene rings is 1. The number of carbonyl (C=O) groups excluding carboxylic acids is 1. The molecule has 2 aromatic rings. The number of nitrogen functional groups attached to an aromatic ring is 1. The summed E-state index contributed by atoms with van der Waals surface area (Å²) >= 11 is 8.72. The van der Waals surface area contributed by atoms with E-state index in [4.69, 9.17) is 17.3 Å². The molecule has 0 aliphatic carbocycles. The molecule has 18 heavy (non-hydrogen) atoms. The summed E-state index contributed by atoms with van der Waals surface area (Å²) in [5.41, 5.74) is 6.07. The van der Waals surface area contributed by atoms with Gasteiger partial charge < -0.3 is 11.1 Å². The van der Waals surface area contributed by atoms with Crippen molar-refractivity contribution < 1.29 is 9.18 Å². The molecule has 8 heteroatoms. The highest BCUT2D eigenvalue weighted by Gasteiger charge is 2.17. The fraction of sp³-hybridized carbons (Fsp3) is 0. The first-order valence-electron chi connectivity index (χ1n) is 4.74. The summed E-state index contributed by atoms with van der Waals surface area (Å²) in [6, 6.07) is 3.86. The van der Waals surface area contributed by atoms with Gasteiger partial charge in [-0.3, -0.25) is 9.89 Å². The van der Waals surface area contributed by atoms with Gasteiger partial charge in [-0.15, -0.1) is 0 Å². The minimum Gasteiger partial charge on any atom is -0.382 e. The standard InChI is InChI=1S/C10H7BrClFN4O/c11-8-7(9(14)17-16-8)10(18)15-4-1-2-6(13)5(12)3-4/h1-3H,(H,15,18)(H3,14,16,17). The minimum atomic E-state index is -0.557. The van der Waals surface area contributed by atoms with E-state index in [1.54, 1.807) is 0 Å². The van der Waals surface area contributed by atoms with Crippen LogP contribution in [0.3, 0.4) is 0 Å². The molecule has 1 amide bonds. The lowest BCUT2D eigenvalue weighted by molar-refractivity contribution is 0.102. The van der Waals surface area contributed by atoms with Crippen molar-refractivity contribution in [2.45, 2.75) is 0 Å². The third-order valence-electron chi connectivity index (χ3n) is 2.15. The molecule has 94 valence electrons. The molecule has 0 aliphatic heterocycles. The van der Waals surface area contributed by atoms with Gasteiger partial charge in [-0.25, -0.2) is 4.39 Å². The molecule has 2 rings (SSSR count). The molecule has 4 N–H and O–H groups in total. The molecule has 5 nitrogen and oxygen atoms in total. The molecule has 0 fully saturated rings. The maximum absolute atomic E-state index is 13.0. The lowest BCUT2D eigenvalue weighted by Gasteiger charge is -2.05. The van der Waals surface area contributed by atoms with Gasteiger partial charge in [-0.05, 0) is 34.1 Å². The lowest BCUT2D eigenvalue weighted by Crippen LogP contribution is -2.13. The van der Waals surface area contributed by atoms with E-state index < -0.39 is 11.7 Å². The van der Waals surface area contributed by atoms with Crippen LogP contribution in [0.2, 0.25) is 5.02 Å². The zero-order valence-electron chi connectivity index (χ0n) is 8.80. The molecule has 0 saturated heterocycles. The summed E-state index contributed by atoms with van der Waals surface area (Å²) in [7, 11) is 0. The van der Waals surface area contributed by atoms with Crippen LogP contribution < -0.4 is 11.1 Å². The molecule has 1 aromatic carbocycles. The fourth-order valence-corrected chi connectivity index (χ4v) is 1.97. The van der Waals surface area contributed by atoms with Crippen LogP contribution in [-0.2, 0) is 0 Å². The Morgan fingerprint density at radius 1 is 1.56 bits per heavy atom. The second-order valence-corrected chi connectivity index (χ2v) is 4.58. The van der Waals surface area contributed by atoms with Crippen molar-refractivity contribution in [3.05, 3.63) is 39.2 Å². The van der Waals surface area contributed by atoms with Gasteiger partial charge in [0.05, 0.1) is 5.02 Å². The number of anilines is 2. The predicted octanol–water partition coefficient (Wildman–Crippen LogP) is 2.80. The smallest absolute Gasteiger partial charge is 0.262 e. The van der Waals surface area contributed by atoms with Crippen LogP contribution in [0.15, 0.2) is 22.8 Å². The summed E-state index contributed by atoms with van der Waals surface area (Å²) in [5, 5.41) is 8.65. The summed E-state index contributed by atoms with van der Waals surface area (Å²) in [4.78, 5) is 11.9. The Balaban J connectivity index is 2.24. The van der Waals surface area contributed by atoms with Crippen LogP contribution in [-0.4, -0.2) is 16.1 Å². The van der Waals surface area contributed by atoms with Gasteiger partial charge in [0.1, 0.15) is 16.0 Å². The van der Waals surface area contributed by atoms with Crippen molar-refractivity contribution in [3.63, 3.8) is 0 Å². The van der Waals surface area contributed by atoms with Crippen molar-refractivity contribution in [2.75, 3.05) is 11.1 Å². The number of hydrogen-bond donors (Lipinski definition) is 3. The van der Waals surface area contributed by atoms with Crippen molar-refractivity contribution >= 4 is 44.9 Å². The molecule has 0 radical (unpaired) electrons. The summed E-state index contributed by atoms with van der Waals surface area (Å²) in [6.45, 7) is 0. The maximum atomic E-state index is 13.0. The fourth-order valence-electron chi connectivity index (χ4n) is 1.32. The summed E-state index contributed by atoms with van der Waals surface area (Å²) < 4.78 is 13.3. The van der Waals surface area contributed by atoms with Crippen LogP contribution in [0.5, 0.6) is 0 Å². The van der Waals surface area contributed by atoms with Gasteiger partial charge in [-0.1, -0.05) is 11.6 Å². The van der Waals surface area contributed by atoms with Crippen LogP contribution in [0.25, 0.3) is 0 Å². The number of nitrogens with one attached hydrogen (secondary N) is 2. The van der Waals surface area contributed by atoms with Crippen LogP contribution >= 0.6 is 27.5 Å². The average Bonchev–Trinajstić information content (AvgIpc) is 2.64. The topological polar surface area (TPSA) is 83.8 Å². The van der Waals surface area contributed by atoms with Crippen LogP contribution in [0, 0.1) is 5.82 Å². The van der Waals surface area contributed by atoms with E-state index in [2.05, 4.69) is 31.4 Å². The van der Waals surface area contributed by atoms with E-state index in [-0.39, 0.29) is 16.4 Å². The van der Waals surface area contributed by atoms with Crippen molar-refractivity contribution in [3.8, 4) is 0 Å². The molecule has 0 spiro atoms. The largest absolute Gasteiger partial charge is 0.382 e. The van der Waals surface area contributed by atoms with Crippen LogP contribution in [0.1, 0.15) is 10.4 Å². The lowest BCUT2D eigenvalue weighted by atomic mass is 10.2. The molecule has 0 unspecified atom stereocenters. The minimum absolute atomic E-state index is 0.0626. The molecule has 0 atom stereocenters.